The molecule has 1 saturated carbocycles. The van der Waals surface area contributed by atoms with E-state index in [1.165, 1.54) is 13.2 Å². The summed E-state index contributed by atoms with van der Waals surface area (Å²) in [6, 6.07) is 4.42. The number of anilines is 1. The minimum absolute atomic E-state index is 0.0315. The van der Waals surface area contributed by atoms with Crippen LogP contribution in [-0.4, -0.2) is 60.2 Å². The Morgan fingerprint density at radius 1 is 1.12 bits per heavy atom. The number of benzene rings is 1. The lowest BCUT2D eigenvalue weighted by atomic mass is 9.72. The van der Waals surface area contributed by atoms with Crippen LogP contribution in [0.3, 0.4) is 0 Å². The minimum atomic E-state index is -4.54. The van der Waals surface area contributed by atoms with Gasteiger partial charge in [0.25, 0.3) is 0 Å². The molecule has 43 heavy (non-hydrogen) atoms. The summed E-state index contributed by atoms with van der Waals surface area (Å²) >= 11 is 0. The normalized spacial score (nSPS) is 23.3. The predicted octanol–water partition coefficient (Wildman–Crippen LogP) is 5.91. The van der Waals surface area contributed by atoms with E-state index in [1.807, 2.05) is 45.8 Å². The summed E-state index contributed by atoms with van der Waals surface area (Å²) in [7, 11) is 5.06. The number of carbonyl (C=O) groups is 2. The molecule has 0 bridgehead atoms. The molecular weight excluding hydrogens is 561 g/mol. The van der Waals surface area contributed by atoms with Crippen molar-refractivity contribution in [3.63, 3.8) is 0 Å². The summed E-state index contributed by atoms with van der Waals surface area (Å²) in [4.78, 5) is 35.5. The van der Waals surface area contributed by atoms with Gasteiger partial charge in [0.15, 0.2) is 0 Å². The highest BCUT2D eigenvalue weighted by Gasteiger charge is 2.59. The number of nitrogens with one attached hydrogen (secondary N) is 1. The average Bonchev–Trinajstić information content (AvgIpc) is 3.31. The molecule has 2 fully saturated rings. The zero-order valence-electron chi connectivity index (χ0n) is 25.7. The largest absolute Gasteiger partial charge is 0.496 e. The highest BCUT2D eigenvalue weighted by Crippen LogP contribution is 2.50. The number of halogens is 3. The van der Waals surface area contributed by atoms with Crippen LogP contribution < -0.4 is 15.0 Å². The summed E-state index contributed by atoms with van der Waals surface area (Å²) in [5.41, 5.74) is -0.436. The first-order chi connectivity index (χ1) is 20.2. The Hall–Kier alpha value is -3.34. The Balaban J connectivity index is 1.89. The van der Waals surface area contributed by atoms with Crippen molar-refractivity contribution < 1.29 is 32.6 Å². The number of hydrogen-bond donors (Lipinski definition) is 2. The quantitative estimate of drug-likeness (QED) is 0.387. The van der Waals surface area contributed by atoms with Crippen LogP contribution in [0.2, 0.25) is 0 Å². The van der Waals surface area contributed by atoms with Gasteiger partial charge in [-0.1, -0.05) is 46.1 Å². The number of methoxy groups -OCH3 is 1. The number of carbonyl (C=O) groups excluding carboxylic acids is 1. The van der Waals surface area contributed by atoms with Gasteiger partial charge in [-0.05, 0) is 42.5 Å². The number of pyridine rings is 1. The topological polar surface area (TPSA) is 95.0 Å². The molecule has 1 aliphatic carbocycles. The smallest absolute Gasteiger partial charge is 0.416 e. The van der Waals surface area contributed by atoms with Crippen molar-refractivity contribution >= 4 is 17.7 Å². The van der Waals surface area contributed by atoms with Gasteiger partial charge in [-0.3, -0.25) is 4.79 Å². The molecule has 2 aromatic rings. The molecule has 1 aromatic heterocycles. The van der Waals surface area contributed by atoms with Crippen molar-refractivity contribution in [3.8, 4) is 5.75 Å². The molecule has 2 heterocycles. The second-order valence-corrected chi connectivity index (χ2v) is 12.9. The first-order valence-corrected chi connectivity index (χ1v) is 14.8. The zero-order valence-corrected chi connectivity index (χ0v) is 25.7. The van der Waals surface area contributed by atoms with Crippen LogP contribution >= 0.6 is 0 Å². The van der Waals surface area contributed by atoms with Crippen LogP contribution in [0.25, 0.3) is 0 Å². The SMILES string of the molecule is COc1ccc(C(F)(F)F)cc1CN[C@H]1[C@H](C(C)(C)C)[C@@H](C(=O)O)N(C(=O)C2CCCCC2)[C@H]1c1cccnc1N(C)C. The van der Waals surface area contributed by atoms with Crippen molar-refractivity contribution in [2.75, 3.05) is 26.1 Å². The number of rotatable bonds is 8. The average molecular weight is 605 g/mol. The molecule has 236 valence electrons. The first kappa shape index (κ1) is 32.6. The fourth-order valence-corrected chi connectivity index (χ4v) is 6.95. The van der Waals surface area contributed by atoms with E-state index in [0.717, 1.165) is 31.4 Å². The van der Waals surface area contributed by atoms with E-state index in [-0.39, 0.29) is 29.7 Å². The number of carboxylic acids is 1. The molecule has 1 aromatic carbocycles. The van der Waals surface area contributed by atoms with Crippen LogP contribution in [0, 0.1) is 17.3 Å². The molecule has 1 saturated heterocycles. The van der Waals surface area contributed by atoms with E-state index in [9.17, 15) is 27.9 Å². The Morgan fingerprint density at radius 2 is 1.79 bits per heavy atom. The number of likely N-dealkylation sites (tertiary alicyclic amines) is 1. The third kappa shape index (κ3) is 6.76. The number of aromatic nitrogens is 1. The summed E-state index contributed by atoms with van der Waals surface area (Å²) in [6.07, 6.45) is 1.34. The highest BCUT2D eigenvalue weighted by atomic mass is 19.4. The molecule has 11 heteroatoms. The Morgan fingerprint density at radius 3 is 2.35 bits per heavy atom. The van der Waals surface area contributed by atoms with Gasteiger partial charge in [0, 0.05) is 55.8 Å². The van der Waals surface area contributed by atoms with Crippen LogP contribution in [0.5, 0.6) is 5.75 Å². The Kier molecular flexibility index (Phi) is 9.63. The highest BCUT2D eigenvalue weighted by molar-refractivity contribution is 5.87. The monoisotopic (exact) mass is 604 g/mol. The number of amides is 1. The van der Waals surface area contributed by atoms with E-state index < -0.39 is 47.2 Å². The summed E-state index contributed by atoms with van der Waals surface area (Å²) in [5.74, 6) is -1.31. The van der Waals surface area contributed by atoms with Crippen LogP contribution in [-0.2, 0) is 22.3 Å². The Labute approximate surface area is 251 Å². The van der Waals surface area contributed by atoms with Crippen LogP contribution in [0.15, 0.2) is 36.5 Å². The summed E-state index contributed by atoms with van der Waals surface area (Å²) in [6.45, 7) is 5.79. The lowest BCUT2D eigenvalue weighted by molar-refractivity contribution is -0.154. The molecule has 1 amide bonds. The first-order valence-electron chi connectivity index (χ1n) is 14.8. The minimum Gasteiger partial charge on any atom is -0.496 e. The van der Waals surface area contributed by atoms with Crippen LogP contribution in [0.1, 0.15) is 75.6 Å². The van der Waals surface area contributed by atoms with Crippen molar-refractivity contribution in [3.05, 3.63) is 53.2 Å². The Bertz CT molecular complexity index is 1300. The lowest BCUT2D eigenvalue weighted by Gasteiger charge is -2.36. The fourth-order valence-electron chi connectivity index (χ4n) is 6.95. The van der Waals surface area contributed by atoms with Gasteiger partial charge in [-0.2, -0.15) is 13.2 Å². The van der Waals surface area contributed by atoms with Gasteiger partial charge in [0.05, 0.1) is 18.7 Å². The number of nitrogens with zero attached hydrogens (tertiary/aromatic N) is 3. The number of carboxylic acid groups (broad SMARTS) is 1. The number of aliphatic carboxylic acids is 1. The lowest BCUT2D eigenvalue weighted by Crippen LogP contribution is -2.49. The van der Waals surface area contributed by atoms with E-state index in [2.05, 4.69) is 10.3 Å². The molecule has 2 N–H and O–H groups in total. The molecular formula is C32H43F3N4O4. The molecule has 8 nitrogen and oxygen atoms in total. The summed E-state index contributed by atoms with van der Waals surface area (Å²) < 4.78 is 46.3. The van der Waals surface area contributed by atoms with Crippen molar-refractivity contribution in [2.45, 2.75) is 83.7 Å². The summed E-state index contributed by atoms with van der Waals surface area (Å²) in [5, 5.41) is 14.2. The molecule has 1 aliphatic heterocycles. The third-order valence-electron chi connectivity index (χ3n) is 8.82. The van der Waals surface area contributed by atoms with E-state index in [4.69, 9.17) is 4.74 Å². The number of ether oxygens (including phenoxy) is 1. The molecule has 4 atom stereocenters. The van der Waals surface area contributed by atoms with E-state index in [0.29, 0.717) is 24.2 Å². The molecule has 0 radical (unpaired) electrons. The van der Waals surface area contributed by atoms with Gasteiger partial charge in [-0.15, -0.1) is 0 Å². The predicted molar refractivity (Wildman–Crippen MR) is 158 cm³/mol. The molecule has 0 spiro atoms. The maximum Gasteiger partial charge on any atom is 0.416 e. The van der Waals surface area contributed by atoms with Gasteiger partial charge in [-0.25, -0.2) is 9.78 Å². The van der Waals surface area contributed by atoms with Crippen molar-refractivity contribution in [1.29, 1.82) is 0 Å². The van der Waals surface area contributed by atoms with Gasteiger partial charge < -0.3 is 25.0 Å². The van der Waals surface area contributed by atoms with Gasteiger partial charge >= 0.3 is 12.1 Å². The third-order valence-corrected chi connectivity index (χ3v) is 8.82. The molecule has 0 unspecified atom stereocenters. The fraction of sp³-hybridized carbons (Fsp3) is 0.594. The molecule has 4 rings (SSSR count). The maximum atomic E-state index is 14.4. The van der Waals surface area contributed by atoms with Crippen molar-refractivity contribution in [2.24, 2.45) is 17.3 Å². The second-order valence-electron chi connectivity index (χ2n) is 12.9. The number of alkyl halides is 3. The van der Waals surface area contributed by atoms with Crippen molar-refractivity contribution in [1.82, 2.24) is 15.2 Å². The second kappa shape index (κ2) is 12.7. The van der Waals surface area contributed by atoms with Gasteiger partial charge in [0.2, 0.25) is 5.91 Å². The van der Waals surface area contributed by atoms with E-state index in [1.54, 1.807) is 17.2 Å². The zero-order chi connectivity index (χ0) is 31.7. The maximum absolute atomic E-state index is 14.4. The van der Waals surface area contributed by atoms with Crippen LogP contribution in [0.4, 0.5) is 19.0 Å². The van der Waals surface area contributed by atoms with Gasteiger partial charge in [0.1, 0.15) is 17.6 Å². The molecule has 2 aliphatic rings. The standard InChI is InChI=1S/C32H43F3N4O4/c1-31(2,3)24-25(37-18-20-17-21(32(33,34)35)14-15-23(20)43-6)26(22-13-10-16-36-28(22)38(4)5)39(27(24)30(41)42)29(40)19-11-8-7-9-12-19/h10,13-17,19,24-27,37H,7-9,11-12,18H2,1-6H3,(H,41,42)/t24-,25-,26-,27-/m0/s1. The number of hydrogen-bond acceptors (Lipinski definition) is 6. The van der Waals surface area contributed by atoms with E-state index >= 15 is 0 Å².